The van der Waals surface area contributed by atoms with Gasteiger partial charge in [0.2, 0.25) is 5.89 Å². The number of likely N-dealkylation sites (tertiary alicyclic amines) is 1. The van der Waals surface area contributed by atoms with E-state index in [1.165, 1.54) is 31.4 Å². The normalized spacial score (nSPS) is 19.0. The standard InChI is InChI=1S/C33H32F2N4O6/c1-19-26(38-33(44-19)24-5-3-4-6-25(24)35)16-39-10-9-28-27(17-39)37-31(40)18-43-30-13-21(7-8-29(30)42-2)32(41)36-15-20-11-22(34)14-23(12-20)45-28/h3-8,11-14,27-28H,9-10,15-18H2,1-2H3,(H,36,41)(H,37,40)/t27-,28+/m1/s1. The highest BCUT2D eigenvalue weighted by Gasteiger charge is 2.33. The van der Waals surface area contributed by atoms with Gasteiger partial charge in [-0.15, -0.1) is 0 Å². The number of methoxy groups -OCH3 is 1. The van der Waals surface area contributed by atoms with Gasteiger partial charge in [0, 0.05) is 37.8 Å². The van der Waals surface area contributed by atoms with Gasteiger partial charge in [0.15, 0.2) is 18.1 Å². The number of oxazole rings is 1. The van der Waals surface area contributed by atoms with Crippen LogP contribution in [0.5, 0.6) is 17.2 Å². The summed E-state index contributed by atoms with van der Waals surface area (Å²) in [5.41, 5.74) is 1.73. The summed E-state index contributed by atoms with van der Waals surface area (Å²) in [6.45, 7) is 2.86. The minimum Gasteiger partial charge on any atom is -0.493 e. The zero-order chi connectivity index (χ0) is 31.5. The van der Waals surface area contributed by atoms with Crippen LogP contribution in [0, 0.1) is 18.6 Å². The zero-order valence-corrected chi connectivity index (χ0v) is 24.8. The maximum atomic E-state index is 14.6. The molecule has 45 heavy (non-hydrogen) atoms. The van der Waals surface area contributed by atoms with Gasteiger partial charge in [0.1, 0.15) is 29.2 Å². The number of aromatic nitrogens is 1. The van der Waals surface area contributed by atoms with Crippen molar-refractivity contribution in [3.63, 3.8) is 0 Å². The van der Waals surface area contributed by atoms with Crippen LogP contribution in [0.15, 0.2) is 65.1 Å². The topological polar surface area (TPSA) is 115 Å². The van der Waals surface area contributed by atoms with Crippen LogP contribution >= 0.6 is 0 Å². The fourth-order valence-corrected chi connectivity index (χ4v) is 5.53. The van der Waals surface area contributed by atoms with Crippen LogP contribution in [-0.4, -0.2) is 60.7 Å². The molecule has 2 amide bonds. The Morgan fingerprint density at radius 3 is 2.76 bits per heavy atom. The average molecular weight is 619 g/mol. The van der Waals surface area contributed by atoms with Crippen molar-refractivity contribution in [3.8, 4) is 28.7 Å². The van der Waals surface area contributed by atoms with E-state index in [0.717, 1.165) is 0 Å². The van der Waals surface area contributed by atoms with Gasteiger partial charge >= 0.3 is 0 Å². The summed E-state index contributed by atoms with van der Waals surface area (Å²) in [7, 11) is 1.46. The highest BCUT2D eigenvalue weighted by molar-refractivity contribution is 5.94. The summed E-state index contributed by atoms with van der Waals surface area (Å²) in [6.07, 6.45) is 0.00834. The molecule has 0 aliphatic carbocycles. The fraction of sp³-hybridized carbons (Fsp3) is 0.303. The number of hydrogen-bond acceptors (Lipinski definition) is 8. The third-order valence-corrected chi connectivity index (χ3v) is 7.81. The lowest BCUT2D eigenvalue weighted by molar-refractivity contribution is -0.125. The molecule has 10 nitrogen and oxygen atoms in total. The maximum Gasteiger partial charge on any atom is 0.258 e. The molecule has 2 aliphatic heterocycles. The third-order valence-electron chi connectivity index (χ3n) is 7.81. The molecule has 2 N–H and O–H groups in total. The number of carbonyl (C=O) groups excluding carboxylic acids is 2. The first-order valence-corrected chi connectivity index (χ1v) is 14.5. The van der Waals surface area contributed by atoms with Crippen molar-refractivity contribution < 1.29 is 37.0 Å². The predicted octanol–water partition coefficient (Wildman–Crippen LogP) is 4.40. The molecule has 2 aliphatic rings. The van der Waals surface area contributed by atoms with E-state index in [-0.39, 0.29) is 41.7 Å². The molecule has 4 aromatic rings. The number of piperidine rings is 1. The minimum absolute atomic E-state index is 0.0691. The van der Waals surface area contributed by atoms with Crippen molar-refractivity contribution in [2.75, 3.05) is 26.8 Å². The zero-order valence-electron chi connectivity index (χ0n) is 24.8. The molecule has 3 heterocycles. The van der Waals surface area contributed by atoms with Gasteiger partial charge in [-0.3, -0.25) is 14.5 Å². The summed E-state index contributed by atoms with van der Waals surface area (Å²) in [6, 6.07) is 14.7. The van der Waals surface area contributed by atoms with E-state index in [9.17, 15) is 18.4 Å². The number of fused-ring (bicyclic) bond motifs is 5. The van der Waals surface area contributed by atoms with Crippen LogP contribution in [0.2, 0.25) is 0 Å². The molecule has 0 spiro atoms. The first-order chi connectivity index (χ1) is 21.7. The van der Waals surface area contributed by atoms with Gasteiger partial charge in [0.05, 0.1) is 24.4 Å². The van der Waals surface area contributed by atoms with Gasteiger partial charge in [-0.25, -0.2) is 13.8 Å². The van der Waals surface area contributed by atoms with Gasteiger partial charge < -0.3 is 29.3 Å². The fourth-order valence-electron chi connectivity index (χ4n) is 5.53. The third kappa shape index (κ3) is 6.91. The monoisotopic (exact) mass is 618 g/mol. The van der Waals surface area contributed by atoms with Crippen molar-refractivity contribution in [1.29, 1.82) is 0 Å². The number of aryl methyl sites for hydroxylation is 1. The molecular formula is C33H32F2N4O6. The Kier molecular flexibility index (Phi) is 8.65. The molecule has 0 saturated carbocycles. The Hall–Kier alpha value is -4.97. The first kappa shape index (κ1) is 30.1. The number of halogens is 2. The Bertz CT molecular complexity index is 1730. The number of benzene rings is 3. The van der Waals surface area contributed by atoms with Gasteiger partial charge in [-0.05, 0) is 61.4 Å². The van der Waals surface area contributed by atoms with Crippen LogP contribution in [0.4, 0.5) is 8.78 Å². The molecule has 0 unspecified atom stereocenters. The maximum absolute atomic E-state index is 14.6. The van der Waals surface area contributed by atoms with Crippen LogP contribution < -0.4 is 24.8 Å². The van der Waals surface area contributed by atoms with E-state index in [2.05, 4.69) is 20.5 Å². The van der Waals surface area contributed by atoms with E-state index in [1.807, 2.05) is 0 Å². The lowest BCUT2D eigenvalue weighted by atomic mass is 10.0. The summed E-state index contributed by atoms with van der Waals surface area (Å²) < 4.78 is 52.2. The number of nitrogens with one attached hydrogen (secondary N) is 2. The molecule has 1 aromatic heterocycles. The molecule has 234 valence electrons. The van der Waals surface area contributed by atoms with Crippen LogP contribution in [0.1, 0.15) is 33.8 Å². The molecule has 2 atom stereocenters. The molecule has 0 radical (unpaired) electrons. The Morgan fingerprint density at radius 2 is 1.93 bits per heavy atom. The van der Waals surface area contributed by atoms with E-state index in [0.29, 0.717) is 48.8 Å². The van der Waals surface area contributed by atoms with E-state index in [1.54, 1.807) is 43.3 Å². The summed E-state index contributed by atoms with van der Waals surface area (Å²) >= 11 is 0. The number of ether oxygens (including phenoxy) is 3. The minimum atomic E-state index is -0.511. The number of nitrogens with zero attached hydrogens (tertiary/aromatic N) is 2. The highest BCUT2D eigenvalue weighted by Crippen LogP contribution is 2.29. The number of hydrogen-bond donors (Lipinski definition) is 2. The largest absolute Gasteiger partial charge is 0.493 e. The SMILES string of the molecule is COc1ccc2cc1OCC(=O)N[C@@H]1CN(Cc3nc(-c4ccccc4F)oc3C)CC[C@@H]1Oc1cc(F)cc(c1)CNC2=O. The molecule has 3 aromatic carbocycles. The van der Waals surface area contributed by atoms with Crippen LogP contribution in [-0.2, 0) is 17.9 Å². The molecular weight excluding hydrogens is 586 g/mol. The smallest absolute Gasteiger partial charge is 0.258 e. The Labute approximate surface area is 258 Å². The van der Waals surface area contributed by atoms with Crippen molar-refractivity contribution in [1.82, 2.24) is 20.5 Å². The molecule has 1 fully saturated rings. The van der Waals surface area contributed by atoms with Crippen LogP contribution in [0.25, 0.3) is 11.5 Å². The van der Waals surface area contributed by atoms with Crippen LogP contribution in [0.3, 0.4) is 0 Å². The van der Waals surface area contributed by atoms with Crippen molar-refractivity contribution in [3.05, 3.63) is 94.9 Å². The summed E-state index contributed by atoms with van der Waals surface area (Å²) in [5, 5.41) is 5.79. The second-order valence-corrected chi connectivity index (χ2v) is 11.0. The van der Waals surface area contributed by atoms with E-state index >= 15 is 0 Å². The lowest BCUT2D eigenvalue weighted by Gasteiger charge is -2.38. The predicted molar refractivity (Wildman–Crippen MR) is 159 cm³/mol. The van der Waals surface area contributed by atoms with Gasteiger partial charge in [0.25, 0.3) is 11.8 Å². The molecule has 1 saturated heterocycles. The summed E-state index contributed by atoms with van der Waals surface area (Å²) in [4.78, 5) is 32.7. The second-order valence-electron chi connectivity index (χ2n) is 11.0. The van der Waals surface area contributed by atoms with E-state index in [4.69, 9.17) is 18.6 Å². The van der Waals surface area contributed by atoms with Crippen molar-refractivity contribution in [2.45, 2.75) is 38.6 Å². The lowest BCUT2D eigenvalue weighted by Crippen LogP contribution is -2.57. The summed E-state index contributed by atoms with van der Waals surface area (Å²) in [5.74, 6) is -0.114. The molecule has 12 heteroatoms. The van der Waals surface area contributed by atoms with Crippen molar-refractivity contribution >= 4 is 11.8 Å². The van der Waals surface area contributed by atoms with Gasteiger partial charge in [-0.1, -0.05) is 12.1 Å². The Morgan fingerprint density at radius 1 is 1.09 bits per heavy atom. The van der Waals surface area contributed by atoms with Gasteiger partial charge in [-0.2, -0.15) is 0 Å². The quantitative estimate of drug-likeness (QED) is 0.346. The number of rotatable bonds is 4. The average Bonchev–Trinajstić information content (AvgIpc) is 3.38. The highest BCUT2D eigenvalue weighted by atomic mass is 19.1. The molecule has 6 rings (SSSR count). The Balaban J connectivity index is 1.25. The number of amides is 2. The second kappa shape index (κ2) is 12.9. The molecule has 4 bridgehead atoms. The first-order valence-electron chi connectivity index (χ1n) is 14.5. The van der Waals surface area contributed by atoms with Crippen molar-refractivity contribution in [2.24, 2.45) is 0 Å². The van der Waals surface area contributed by atoms with E-state index < -0.39 is 35.6 Å². The number of carbonyl (C=O) groups is 2.